The van der Waals surface area contributed by atoms with Crippen molar-refractivity contribution in [2.75, 3.05) is 0 Å². The van der Waals surface area contributed by atoms with E-state index in [1.165, 1.54) is 18.5 Å². The van der Waals surface area contributed by atoms with Gasteiger partial charge in [0.05, 0.1) is 0 Å². The molecule has 4 heteroatoms. The van der Waals surface area contributed by atoms with E-state index >= 15 is 0 Å². The number of para-hydroxylation sites is 1. The van der Waals surface area contributed by atoms with E-state index in [4.69, 9.17) is 4.42 Å². The molecule has 2 heterocycles. The first-order chi connectivity index (χ1) is 9.83. The molecule has 0 aliphatic heterocycles. The van der Waals surface area contributed by atoms with Gasteiger partial charge in [0.2, 0.25) is 0 Å². The van der Waals surface area contributed by atoms with Gasteiger partial charge in [-0.15, -0.1) is 0 Å². The van der Waals surface area contributed by atoms with Crippen LogP contribution in [0.5, 0.6) is 0 Å². The molecule has 4 aromatic rings. The second-order valence-corrected chi connectivity index (χ2v) is 4.51. The van der Waals surface area contributed by atoms with Gasteiger partial charge >= 0.3 is 0 Å². The van der Waals surface area contributed by atoms with E-state index in [1.807, 2.05) is 24.3 Å². The fraction of sp³-hybridized carbons (Fsp3) is 0. The van der Waals surface area contributed by atoms with Crippen molar-refractivity contribution in [3.8, 4) is 11.3 Å². The number of hydrogen-bond acceptors (Lipinski definition) is 3. The Hall–Kier alpha value is -2.75. The first-order valence-electron chi connectivity index (χ1n) is 6.21. The summed E-state index contributed by atoms with van der Waals surface area (Å²) in [6.07, 6.45) is 1.50. The van der Waals surface area contributed by atoms with E-state index < -0.39 is 0 Å². The summed E-state index contributed by atoms with van der Waals surface area (Å²) < 4.78 is 18.9. The summed E-state index contributed by atoms with van der Waals surface area (Å²) >= 11 is 0. The lowest BCUT2D eigenvalue weighted by Crippen LogP contribution is -1.86. The lowest BCUT2D eigenvalue weighted by molar-refractivity contribution is 0.628. The van der Waals surface area contributed by atoms with Crippen LogP contribution in [0.1, 0.15) is 0 Å². The number of furan rings is 1. The van der Waals surface area contributed by atoms with Crippen molar-refractivity contribution < 1.29 is 8.81 Å². The van der Waals surface area contributed by atoms with E-state index in [2.05, 4.69) is 9.97 Å². The molecule has 0 N–H and O–H groups in total. The lowest BCUT2D eigenvalue weighted by Gasteiger charge is -2.00. The van der Waals surface area contributed by atoms with Gasteiger partial charge in [-0.1, -0.05) is 12.1 Å². The monoisotopic (exact) mass is 264 g/mol. The number of nitrogens with zero attached hydrogens (tertiary/aromatic N) is 2. The predicted molar refractivity (Wildman–Crippen MR) is 74.7 cm³/mol. The second kappa shape index (κ2) is 4.13. The molecule has 0 fully saturated rings. The van der Waals surface area contributed by atoms with Crippen LogP contribution in [0.15, 0.2) is 59.3 Å². The molecule has 20 heavy (non-hydrogen) atoms. The third kappa shape index (κ3) is 1.58. The van der Waals surface area contributed by atoms with E-state index in [0.717, 1.165) is 22.0 Å². The highest BCUT2D eigenvalue weighted by atomic mass is 19.1. The fourth-order valence-electron chi connectivity index (χ4n) is 2.34. The highest BCUT2D eigenvalue weighted by Gasteiger charge is 2.13. The highest BCUT2D eigenvalue weighted by Crippen LogP contribution is 2.32. The highest BCUT2D eigenvalue weighted by molar-refractivity contribution is 6.06. The summed E-state index contributed by atoms with van der Waals surface area (Å²) in [5.41, 5.74) is 3.64. The van der Waals surface area contributed by atoms with Crippen molar-refractivity contribution in [3.05, 3.63) is 60.7 Å². The Kier molecular flexibility index (Phi) is 2.29. The molecule has 0 aliphatic carbocycles. The summed E-state index contributed by atoms with van der Waals surface area (Å²) in [5, 5.41) is 0.952. The van der Waals surface area contributed by atoms with Crippen molar-refractivity contribution in [2.24, 2.45) is 0 Å². The summed E-state index contributed by atoms with van der Waals surface area (Å²) in [6, 6.07) is 13.9. The van der Waals surface area contributed by atoms with Gasteiger partial charge in [-0.05, 0) is 36.4 Å². The molecule has 0 saturated carbocycles. The van der Waals surface area contributed by atoms with Crippen molar-refractivity contribution >= 4 is 22.1 Å². The molecule has 4 rings (SSSR count). The van der Waals surface area contributed by atoms with Crippen LogP contribution in [-0.2, 0) is 0 Å². The van der Waals surface area contributed by atoms with Gasteiger partial charge in [-0.25, -0.2) is 14.4 Å². The van der Waals surface area contributed by atoms with Crippen LogP contribution in [0.4, 0.5) is 4.39 Å². The Labute approximate surface area is 113 Å². The van der Waals surface area contributed by atoms with Gasteiger partial charge in [-0.3, -0.25) is 0 Å². The van der Waals surface area contributed by atoms with E-state index in [-0.39, 0.29) is 5.82 Å². The molecule has 0 saturated heterocycles. The van der Waals surface area contributed by atoms with Crippen LogP contribution in [0, 0.1) is 5.82 Å². The minimum Gasteiger partial charge on any atom is -0.452 e. The van der Waals surface area contributed by atoms with Gasteiger partial charge in [0.25, 0.3) is 0 Å². The molecular weight excluding hydrogens is 255 g/mol. The largest absolute Gasteiger partial charge is 0.452 e. The van der Waals surface area contributed by atoms with Crippen LogP contribution in [-0.4, -0.2) is 9.97 Å². The zero-order valence-electron chi connectivity index (χ0n) is 10.4. The summed E-state index contributed by atoms with van der Waals surface area (Å²) in [6.45, 7) is 0. The number of benzene rings is 2. The van der Waals surface area contributed by atoms with Gasteiger partial charge < -0.3 is 4.42 Å². The maximum Gasteiger partial charge on any atom is 0.180 e. The summed E-state index contributed by atoms with van der Waals surface area (Å²) in [5.74, 6) is -0.274. The van der Waals surface area contributed by atoms with Crippen LogP contribution in [0.25, 0.3) is 33.3 Å². The second-order valence-electron chi connectivity index (χ2n) is 4.51. The SMILES string of the molecule is Fc1ccc(-c2ncnc3c2oc2ccccc23)cc1. The Bertz CT molecular complexity index is 913. The van der Waals surface area contributed by atoms with E-state index in [9.17, 15) is 4.39 Å². The first-order valence-corrected chi connectivity index (χ1v) is 6.21. The van der Waals surface area contributed by atoms with Crippen molar-refractivity contribution in [1.82, 2.24) is 9.97 Å². The van der Waals surface area contributed by atoms with Crippen molar-refractivity contribution in [3.63, 3.8) is 0 Å². The number of aromatic nitrogens is 2. The van der Waals surface area contributed by atoms with E-state index in [1.54, 1.807) is 12.1 Å². The fourth-order valence-corrected chi connectivity index (χ4v) is 2.34. The van der Waals surface area contributed by atoms with Crippen LogP contribution in [0.3, 0.4) is 0 Å². The minimum atomic E-state index is -0.274. The topological polar surface area (TPSA) is 38.9 Å². The van der Waals surface area contributed by atoms with Crippen molar-refractivity contribution in [2.45, 2.75) is 0 Å². The number of hydrogen-bond donors (Lipinski definition) is 0. The first kappa shape index (κ1) is 11.1. The van der Waals surface area contributed by atoms with Gasteiger partial charge in [-0.2, -0.15) is 0 Å². The third-order valence-electron chi connectivity index (χ3n) is 3.28. The quantitative estimate of drug-likeness (QED) is 0.517. The number of rotatable bonds is 1. The number of fused-ring (bicyclic) bond motifs is 3. The Morgan fingerprint density at radius 3 is 2.55 bits per heavy atom. The lowest BCUT2D eigenvalue weighted by atomic mass is 10.1. The summed E-state index contributed by atoms with van der Waals surface area (Å²) in [7, 11) is 0. The maximum atomic E-state index is 13.0. The van der Waals surface area contributed by atoms with Gasteiger partial charge in [0.15, 0.2) is 5.58 Å². The molecular formula is C16H9FN2O. The number of halogens is 1. The van der Waals surface area contributed by atoms with Crippen LogP contribution in [0.2, 0.25) is 0 Å². The third-order valence-corrected chi connectivity index (χ3v) is 3.28. The molecule has 2 aromatic heterocycles. The molecule has 96 valence electrons. The van der Waals surface area contributed by atoms with Gasteiger partial charge in [0.1, 0.15) is 28.9 Å². The average molecular weight is 264 g/mol. The molecule has 0 bridgehead atoms. The van der Waals surface area contributed by atoms with Crippen LogP contribution >= 0.6 is 0 Å². The Morgan fingerprint density at radius 2 is 1.70 bits per heavy atom. The minimum absolute atomic E-state index is 0.274. The molecule has 0 radical (unpaired) electrons. The molecule has 3 nitrogen and oxygen atoms in total. The standard InChI is InChI=1S/C16H9FN2O/c17-11-7-5-10(6-8-11)14-16-15(19-9-18-14)12-3-1-2-4-13(12)20-16/h1-9H. The predicted octanol–water partition coefficient (Wildman–Crippen LogP) is 4.18. The molecule has 0 atom stereocenters. The van der Waals surface area contributed by atoms with Gasteiger partial charge in [0, 0.05) is 10.9 Å². The maximum absolute atomic E-state index is 13.0. The summed E-state index contributed by atoms with van der Waals surface area (Å²) in [4.78, 5) is 8.57. The molecule has 0 aliphatic rings. The normalized spacial score (nSPS) is 11.2. The molecule has 0 amide bonds. The Balaban J connectivity index is 2.07. The zero-order valence-corrected chi connectivity index (χ0v) is 10.4. The van der Waals surface area contributed by atoms with E-state index in [0.29, 0.717) is 11.3 Å². The zero-order chi connectivity index (χ0) is 13.5. The average Bonchev–Trinajstić information content (AvgIpc) is 2.87. The molecule has 2 aromatic carbocycles. The smallest absolute Gasteiger partial charge is 0.180 e. The Morgan fingerprint density at radius 1 is 0.900 bits per heavy atom. The van der Waals surface area contributed by atoms with Crippen molar-refractivity contribution in [1.29, 1.82) is 0 Å². The molecule has 0 spiro atoms. The van der Waals surface area contributed by atoms with Crippen LogP contribution < -0.4 is 0 Å². The molecule has 0 unspecified atom stereocenters.